The molecule has 0 heterocycles. The molecular formula is C61H90O6. The molecule has 0 aliphatic carbocycles. The molecule has 0 aliphatic rings. The Labute approximate surface area is 409 Å². The average Bonchev–Trinajstić information content (AvgIpc) is 3.33. The number of allylic oxidation sites excluding steroid dienone is 28. The molecule has 0 fully saturated rings. The molecule has 0 aromatic carbocycles. The Morgan fingerprint density at radius 1 is 0.328 bits per heavy atom. The molecule has 0 aromatic heterocycles. The van der Waals surface area contributed by atoms with Crippen molar-refractivity contribution in [1.82, 2.24) is 0 Å². The highest BCUT2D eigenvalue weighted by molar-refractivity contribution is 5.71. The van der Waals surface area contributed by atoms with Crippen molar-refractivity contribution in [3.05, 3.63) is 170 Å². The molecule has 0 rings (SSSR count). The normalized spacial score (nSPS) is 13.5. The van der Waals surface area contributed by atoms with Gasteiger partial charge in [-0.3, -0.25) is 14.4 Å². The number of ether oxygens (including phenoxy) is 3. The van der Waals surface area contributed by atoms with Gasteiger partial charge in [-0.05, 0) is 96.3 Å². The molecule has 6 nitrogen and oxygen atoms in total. The molecule has 0 saturated heterocycles. The lowest BCUT2D eigenvalue weighted by Gasteiger charge is -2.18. The number of rotatable bonds is 43. The number of carbonyl (C=O) groups is 3. The van der Waals surface area contributed by atoms with E-state index in [-0.39, 0.29) is 50.4 Å². The summed E-state index contributed by atoms with van der Waals surface area (Å²) in [6.07, 6.45) is 79.0. The van der Waals surface area contributed by atoms with E-state index in [0.717, 1.165) is 103 Å². The summed E-state index contributed by atoms with van der Waals surface area (Å²) in [5.74, 6) is -1.05. The molecule has 67 heavy (non-hydrogen) atoms. The highest BCUT2D eigenvalue weighted by Crippen LogP contribution is 2.11. The van der Waals surface area contributed by atoms with Crippen molar-refractivity contribution in [1.29, 1.82) is 0 Å². The van der Waals surface area contributed by atoms with Gasteiger partial charge in [-0.1, -0.05) is 229 Å². The minimum atomic E-state index is -0.835. The minimum absolute atomic E-state index is 0.132. The predicted octanol–water partition coefficient (Wildman–Crippen LogP) is 17.2. The Morgan fingerprint density at radius 2 is 0.657 bits per heavy atom. The number of unbranched alkanes of at least 4 members (excludes halogenated alkanes) is 13. The summed E-state index contributed by atoms with van der Waals surface area (Å²) in [5.41, 5.74) is 0. The van der Waals surface area contributed by atoms with E-state index in [4.69, 9.17) is 14.2 Å². The van der Waals surface area contributed by atoms with Gasteiger partial charge >= 0.3 is 17.9 Å². The van der Waals surface area contributed by atoms with Gasteiger partial charge in [0.05, 0.1) is 0 Å². The third-order valence-electron chi connectivity index (χ3n) is 9.98. The van der Waals surface area contributed by atoms with Crippen LogP contribution in [0.25, 0.3) is 0 Å². The van der Waals surface area contributed by atoms with Crippen LogP contribution in [-0.4, -0.2) is 37.2 Å². The second-order valence-corrected chi connectivity index (χ2v) is 16.2. The molecule has 6 heteroatoms. The van der Waals surface area contributed by atoms with Crippen LogP contribution < -0.4 is 0 Å². The maximum Gasteiger partial charge on any atom is 0.306 e. The Balaban J connectivity index is 4.63. The van der Waals surface area contributed by atoms with Gasteiger partial charge in [-0.2, -0.15) is 0 Å². The summed E-state index contributed by atoms with van der Waals surface area (Å²) >= 11 is 0. The van der Waals surface area contributed by atoms with E-state index >= 15 is 0 Å². The standard InChI is InChI=1S/C61H90O6/c1-4-7-10-13-16-19-22-25-27-29-31-33-34-36-39-42-45-48-51-54-60(63)66-57-58(56-65-59(62)53-50-47-44-41-38-24-21-18-15-12-9-6-3)67-61(64)55-52-49-46-43-40-37-35-32-30-28-26-23-20-17-14-11-8-5-2/h7,9-10,12-13,16-23,25-36,38-39,41,58H,4-6,8,11,14-15,24,37,40,42-57H2,1-3H3/b10-7-,12-9-,16-13-,20-17-,21-18-,22-19-,26-23-,27-25-,30-28-,31-29+,34-33-,35-32-,39-36-,41-38-. The van der Waals surface area contributed by atoms with Gasteiger partial charge in [0.25, 0.3) is 0 Å². The third kappa shape index (κ3) is 51.6. The summed E-state index contributed by atoms with van der Waals surface area (Å²) in [5, 5.41) is 0. The monoisotopic (exact) mass is 919 g/mol. The van der Waals surface area contributed by atoms with Gasteiger partial charge < -0.3 is 14.2 Å². The highest BCUT2D eigenvalue weighted by Gasteiger charge is 2.19. The van der Waals surface area contributed by atoms with Crippen LogP contribution in [0, 0.1) is 0 Å². The van der Waals surface area contributed by atoms with Crippen molar-refractivity contribution in [3.63, 3.8) is 0 Å². The molecule has 0 aromatic rings. The largest absolute Gasteiger partial charge is 0.462 e. The summed E-state index contributed by atoms with van der Waals surface area (Å²) in [6, 6.07) is 0. The van der Waals surface area contributed by atoms with Crippen molar-refractivity contribution in [3.8, 4) is 0 Å². The molecule has 0 amide bonds. The van der Waals surface area contributed by atoms with Crippen LogP contribution in [0.4, 0.5) is 0 Å². The van der Waals surface area contributed by atoms with Gasteiger partial charge in [0.15, 0.2) is 6.10 Å². The number of esters is 3. The highest BCUT2D eigenvalue weighted by atomic mass is 16.6. The summed E-state index contributed by atoms with van der Waals surface area (Å²) in [6.45, 7) is 6.21. The zero-order chi connectivity index (χ0) is 48.6. The van der Waals surface area contributed by atoms with Crippen molar-refractivity contribution in [2.45, 2.75) is 181 Å². The maximum absolute atomic E-state index is 12.8. The van der Waals surface area contributed by atoms with E-state index in [0.29, 0.717) is 12.8 Å². The predicted molar refractivity (Wildman–Crippen MR) is 288 cm³/mol. The fourth-order valence-corrected chi connectivity index (χ4v) is 6.15. The first-order chi connectivity index (χ1) is 33.0. The number of carbonyl (C=O) groups excluding carboxylic acids is 3. The molecule has 370 valence electrons. The first-order valence-electron chi connectivity index (χ1n) is 25.8. The van der Waals surface area contributed by atoms with Crippen LogP contribution in [0.2, 0.25) is 0 Å². The van der Waals surface area contributed by atoms with Gasteiger partial charge in [-0.25, -0.2) is 0 Å². The fourth-order valence-electron chi connectivity index (χ4n) is 6.15. The lowest BCUT2D eigenvalue weighted by atomic mass is 10.1. The first kappa shape index (κ1) is 61.8. The molecule has 0 saturated carbocycles. The van der Waals surface area contributed by atoms with Gasteiger partial charge in [0, 0.05) is 19.3 Å². The van der Waals surface area contributed by atoms with Gasteiger partial charge in [0.1, 0.15) is 13.2 Å². The van der Waals surface area contributed by atoms with E-state index in [1.165, 1.54) is 19.3 Å². The van der Waals surface area contributed by atoms with Crippen LogP contribution in [0.5, 0.6) is 0 Å². The van der Waals surface area contributed by atoms with E-state index in [2.05, 4.69) is 118 Å². The van der Waals surface area contributed by atoms with E-state index < -0.39 is 6.10 Å². The maximum atomic E-state index is 12.8. The van der Waals surface area contributed by atoms with Crippen LogP contribution >= 0.6 is 0 Å². The zero-order valence-electron chi connectivity index (χ0n) is 42.1. The van der Waals surface area contributed by atoms with Gasteiger partial charge in [0.2, 0.25) is 0 Å². The van der Waals surface area contributed by atoms with Crippen molar-refractivity contribution in [2.24, 2.45) is 0 Å². The average molecular weight is 919 g/mol. The van der Waals surface area contributed by atoms with Gasteiger partial charge in [-0.15, -0.1) is 0 Å². The van der Waals surface area contributed by atoms with Crippen LogP contribution in [0.3, 0.4) is 0 Å². The molecular weight excluding hydrogens is 829 g/mol. The molecule has 0 bridgehead atoms. The Morgan fingerprint density at radius 3 is 1.13 bits per heavy atom. The lowest BCUT2D eigenvalue weighted by Crippen LogP contribution is -2.30. The fraction of sp³-hybridized carbons (Fsp3) is 0.492. The Hall–Kier alpha value is -5.23. The van der Waals surface area contributed by atoms with Crippen molar-refractivity contribution < 1.29 is 28.6 Å². The van der Waals surface area contributed by atoms with Crippen molar-refractivity contribution in [2.75, 3.05) is 13.2 Å². The van der Waals surface area contributed by atoms with E-state index in [1.54, 1.807) is 0 Å². The summed E-state index contributed by atoms with van der Waals surface area (Å²) < 4.78 is 16.7. The number of hydrogen-bond acceptors (Lipinski definition) is 6. The zero-order valence-corrected chi connectivity index (χ0v) is 42.1. The van der Waals surface area contributed by atoms with Crippen LogP contribution in [0.1, 0.15) is 175 Å². The lowest BCUT2D eigenvalue weighted by molar-refractivity contribution is -0.167. The second-order valence-electron chi connectivity index (χ2n) is 16.2. The number of hydrogen-bond donors (Lipinski definition) is 0. The van der Waals surface area contributed by atoms with Crippen molar-refractivity contribution >= 4 is 17.9 Å². The molecule has 1 unspecified atom stereocenters. The summed E-state index contributed by atoms with van der Waals surface area (Å²) in [7, 11) is 0. The Bertz CT molecular complexity index is 1620. The molecule has 0 spiro atoms. The molecule has 1 atom stereocenters. The third-order valence-corrected chi connectivity index (χ3v) is 9.98. The van der Waals surface area contributed by atoms with E-state index in [1.807, 2.05) is 72.9 Å². The van der Waals surface area contributed by atoms with Crippen LogP contribution in [0.15, 0.2) is 170 Å². The minimum Gasteiger partial charge on any atom is -0.462 e. The van der Waals surface area contributed by atoms with Crippen LogP contribution in [-0.2, 0) is 28.6 Å². The Kier molecular flexibility index (Phi) is 49.2. The molecule has 0 radical (unpaired) electrons. The SMILES string of the molecule is CC\C=C/C=C\C=C/C=C\C=C\C=C/C=C\CCCCCC(=O)OCC(COC(=O)CCCC/C=C\C/C=C\C/C=C\CC)OC(=O)CCCCCCC\C=C/C=C\C=C/C=C\CCCCC. The smallest absolute Gasteiger partial charge is 0.306 e. The summed E-state index contributed by atoms with van der Waals surface area (Å²) in [4.78, 5) is 38.0. The van der Waals surface area contributed by atoms with E-state index in [9.17, 15) is 14.4 Å². The topological polar surface area (TPSA) is 78.9 Å². The molecule has 0 N–H and O–H groups in total. The first-order valence-corrected chi connectivity index (χ1v) is 25.8. The quantitative estimate of drug-likeness (QED) is 0.0199. The molecule has 0 aliphatic heterocycles. The second kappa shape index (κ2) is 53.4.